The number of rotatable bonds is 4. The van der Waals surface area contributed by atoms with Crippen molar-refractivity contribution < 1.29 is 32.0 Å². The van der Waals surface area contributed by atoms with Gasteiger partial charge < -0.3 is 19.3 Å². The summed E-state index contributed by atoms with van der Waals surface area (Å²) in [6.45, 7) is 0. The topological polar surface area (TPSA) is 82.7 Å². The first kappa shape index (κ1) is 20.9. The minimum atomic E-state index is -4.87. The van der Waals surface area contributed by atoms with E-state index in [2.05, 4.69) is 14.8 Å². The Labute approximate surface area is 178 Å². The number of halogens is 3. The number of anilines is 2. The fourth-order valence-electron chi connectivity index (χ4n) is 3.11. The van der Waals surface area contributed by atoms with Gasteiger partial charge in [-0.1, -0.05) is 18.2 Å². The van der Waals surface area contributed by atoms with E-state index in [0.29, 0.717) is 17.1 Å². The van der Waals surface area contributed by atoms with E-state index in [-0.39, 0.29) is 11.3 Å². The number of hydrogen-bond donors (Lipinski definition) is 2. The highest BCUT2D eigenvalue weighted by atomic mass is 32.2. The van der Waals surface area contributed by atoms with Crippen LogP contribution in [0.3, 0.4) is 0 Å². The molecular formula is C21H15F3N2O4S. The average molecular weight is 448 g/mol. The molecule has 1 aliphatic rings. The normalized spacial score (nSPS) is 13.8. The third-order valence-corrected chi connectivity index (χ3v) is 4.86. The summed E-state index contributed by atoms with van der Waals surface area (Å²) >= 11 is -1.23. The van der Waals surface area contributed by atoms with Crippen LogP contribution in [0.4, 0.5) is 24.5 Å². The molecule has 31 heavy (non-hydrogen) atoms. The monoisotopic (exact) mass is 448 g/mol. The summed E-state index contributed by atoms with van der Waals surface area (Å²) in [5.41, 5.74) is 2.49. The third kappa shape index (κ3) is 4.86. The first-order valence-electron chi connectivity index (χ1n) is 8.91. The van der Waals surface area contributed by atoms with Gasteiger partial charge in [0.05, 0.1) is 28.3 Å². The Balaban J connectivity index is 1.65. The number of carbonyl (C=O) groups is 1. The zero-order chi connectivity index (χ0) is 22.2. The van der Waals surface area contributed by atoms with Crippen LogP contribution in [0.15, 0.2) is 60.7 Å². The predicted molar refractivity (Wildman–Crippen MR) is 111 cm³/mol. The SMILES string of the molecule is C[S+]([O-])Nc1cccc(-c2ccc3c(c2)NC(=O)c2cc(OC(F)(F)F)ccc2O3)c1. The van der Waals surface area contributed by atoms with Gasteiger partial charge in [0.2, 0.25) is 0 Å². The van der Waals surface area contributed by atoms with Crippen LogP contribution in [0.5, 0.6) is 17.2 Å². The van der Waals surface area contributed by atoms with Crippen molar-refractivity contribution in [2.24, 2.45) is 0 Å². The molecule has 0 fully saturated rings. The molecule has 10 heteroatoms. The molecule has 4 rings (SSSR count). The van der Waals surface area contributed by atoms with Crippen LogP contribution >= 0.6 is 0 Å². The Bertz CT molecular complexity index is 1150. The van der Waals surface area contributed by atoms with Crippen LogP contribution in [0.2, 0.25) is 0 Å². The fraction of sp³-hybridized carbons (Fsp3) is 0.0952. The summed E-state index contributed by atoms with van der Waals surface area (Å²) in [4.78, 5) is 12.6. The van der Waals surface area contributed by atoms with Crippen LogP contribution in [-0.2, 0) is 11.4 Å². The quantitative estimate of drug-likeness (QED) is 0.528. The van der Waals surface area contributed by atoms with Crippen LogP contribution in [0.25, 0.3) is 11.1 Å². The Morgan fingerprint density at radius 2 is 1.77 bits per heavy atom. The molecule has 0 saturated heterocycles. The molecule has 160 valence electrons. The van der Waals surface area contributed by atoms with E-state index >= 15 is 0 Å². The molecule has 1 aliphatic heterocycles. The molecule has 0 radical (unpaired) electrons. The first-order valence-corrected chi connectivity index (χ1v) is 10.5. The largest absolute Gasteiger partial charge is 0.593 e. The van der Waals surface area contributed by atoms with Gasteiger partial charge in [0.15, 0.2) is 5.75 Å². The van der Waals surface area contributed by atoms with Gasteiger partial charge in [-0.15, -0.1) is 13.2 Å². The lowest BCUT2D eigenvalue weighted by Gasteiger charge is -2.12. The summed E-state index contributed by atoms with van der Waals surface area (Å²) in [5, 5.41) is 2.66. The Morgan fingerprint density at radius 3 is 2.52 bits per heavy atom. The molecule has 2 N–H and O–H groups in total. The van der Waals surface area contributed by atoms with Crippen molar-refractivity contribution in [3.63, 3.8) is 0 Å². The van der Waals surface area contributed by atoms with E-state index in [1.165, 1.54) is 12.3 Å². The zero-order valence-electron chi connectivity index (χ0n) is 15.9. The highest BCUT2D eigenvalue weighted by molar-refractivity contribution is 7.92. The molecule has 0 aromatic heterocycles. The molecule has 0 saturated carbocycles. The molecule has 0 aliphatic carbocycles. The second-order valence-corrected chi connectivity index (χ2v) is 7.72. The van der Waals surface area contributed by atoms with E-state index in [1.54, 1.807) is 36.4 Å². The number of ether oxygens (including phenoxy) is 2. The summed E-state index contributed by atoms with van der Waals surface area (Å²) in [5.74, 6) is -0.705. The molecule has 0 spiro atoms. The number of benzene rings is 3. The number of fused-ring (bicyclic) bond motifs is 2. The van der Waals surface area contributed by atoms with E-state index < -0.39 is 29.4 Å². The van der Waals surface area contributed by atoms with Gasteiger partial charge >= 0.3 is 6.36 Å². The molecule has 1 unspecified atom stereocenters. The van der Waals surface area contributed by atoms with E-state index in [9.17, 15) is 22.5 Å². The van der Waals surface area contributed by atoms with Crippen LogP contribution in [0, 0.1) is 0 Å². The lowest BCUT2D eigenvalue weighted by Crippen LogP contribution is -2.18. The molecule has 6 nitrogen and oxygen atoms in total. The van der Waals surface area contributed by atoms with Gasteiger partial charge in [-0.3, -0.25) is 4.79 Å². The zero-order valence-corrected chi connectivity index (χ0v) is 16.8. The fourth-order valence-corrected chi connectivity index (χ4v) is 3.56. The van der Waals surface area contributed by atoms with E-state index in [4.69, 9.17) is 4.74 Å². The molecule has 1 heterocycles. The summed E-state index contributed by atoms with van der Waals surface area (Å²) in [7, 11) is 0. The molecule has 1 atom stereocenters. The maximum Gasteiger partial charge on any atom is 0.573 e. The lowest BCUT2D eigenvalue weighted by atomic mass is 10.0. The Hall–Kier alpha value is -3.37. The van der Waals surface area contributed by atoms with Crippen LogP contribution in [0.1, 0.15) is 10.4 Å². The van der Waals surface area contributed by atoms with Gasteiger partial charge in [0.25, 0.3) is 5.91 Å². The van der Waals surface area contributed by atoms with Crippen molar-refractivity contribution >= 4 is 28.6 Å². The van der Waals surface area contributed by atoms with Crippen molar-refractivity contribution in [1.82, 2.24) is 0 Å². The van der Waals surface area contributed by atoms with Gasteiger partial charge in [-0.05, 0) is 53.6 Å². The summed E-state index contributed by atoms with van der Waals surface area (Å²) in [6, 6.07) is 15.6. The third-order valence-electron chi connectivity index (χ3n) is 4.33. The van der Waals surface area contributed by atoms with Crippen molar-refractivity contribution in [3.8, 4) is 28.4 Å². The smallest absolute Gasteiger partial charge is 0.573 e. The summed E-state index contributed by atoms with van der Waals surface area (Å²) in [6.07, 6.45) is -3.35. The van der Waals surface area contributed by atoms with Gasteiger partial charge in [-0.2, -0.15) is 0 Å². The maximum atomic E-state index is 12.6. The van der Waals surface area contributed by atoms with Crippen molar-refractivity contribution in [2.45, 2.75) is 6.36 Å². The minimum absolute atomic E-state index is 0.0869. The molecular weight excluding hydrogens is 433 g/mol. The molecule has 3 aromatic rings. The second-order valence-electron chi connectivity index (χ2n) is 6.61. The number of nitrogens with one attached hydrogen (secondary N) is 2. The second kappa shape index (κ2) is 8.05. The highest BCUT2D eigenvalue weighted by Crippen LogP contribution is 2.40. The number of alkyl halides is 3. The standard InChI is InChI=1S/C21H15F3N2O4S/c1-31(28)26-14-4-2-3-12(9-14)13-5-7-19-17(10-13)25-20(27)16-11-15(30-21(22,23)24)6-8-18(16)29-19/h2-11,26H,1H3,(H,25,27). The molecule has 1 amide bonds. The van der Waals surface area contributed by atoms with Gasteiger partial charge in [-0.25, -0.2) is 4.72 Å². The first-order chi connectivity index (χ1) is 14.7. The number of hydrogen-bond acceptors (Lipinski definition) is 5. The van der Waals surface area contributed by atoms with Crippen molar-refractivity contribution in [2.75, 3.05) is 16.3 Å². The molecule has 0 bridgehead atoms. The highest BCUT2D eigenvalue weighted by Gasteiger charge is 2.32. The number of carbonyl (C=O) groups excluding carboxylic acids is 1. The average Bonchev–Trinajstić information content (AvgIpc) is 2.82. The Kier molecular flexibility index (Phi) is 5.42. The van der Waals surface area contributed by atoms with Crippen molar-refractivity contribution in [1.29, 1.82) is 0 Å². The summed E-state index contributed by atoms with van der Waals surface area (Å²) < 4.78 is 61.3. The minimum Gasteiger partial charge on any atom is -0.593 e. The van der Waals surface area contributed by atoms with E-state index in [1.807, 2.05) is 6.07 Å². The van der Waals surface area contributed by atoms with E-state index in [0.717, 1.165) is 23.3 Å². The van der Waals surface area contributed by atoms with Gasteiger partial charge in [0, 0.05) is 0 Å². The van der Waals surface area contributed by atoms with Crippen LogP contribution in [-0.4, -0.2) is 23.1 Å². The molecule has 3 aromatic carbocycles. The Morgan fingerprint density at radius 1 is 1.03 bits per heavy atom. The van der Waals surface area contributed by atoms with Crippen molar-refractivity contribution in [3.05, 3.63) is 66.2 Å². The maximum absolute atomic E-state index is 12.6. The lowest BCUT2D eigenvalue weighted by molar-refractivity contribution is -0.274. The van der Waals surface area contributed by atoms with Gasteiger partial charge in [0.1, 0.15) is 17.8 Å². The van der Waals surface area contributed by atoms with Crippen LogP contribution < -0.4 is 19.5 Å². The number of amides is 1. The predicted octanol–water partition coefficient (Wildman–Crippen LogP) is 5.32.